The summed E-state index contributed by atoms with van der Waals surface area (Å²) in [5.74, 6) is 0. The minimum absolute atomic E-state index is 0.862. The molecule has 1 aromatic carbocycles. The second-order valence-corrected chi connectivity index (χ2v) is 3.18. The van der Waals surface area contributed by atoms with E-state index in [-0.39, 0.29) is 0 Å². The fourth-order valence-corrected chi connectivity index (χ4v) is 1.68. The lowest BCUT2D eigenvalue weighted by molar-refractivity contribution is 0.409. The van der Waals surface area contributed by atoms with Crippen LogP contribution in [0.1, 0.15) is 13.8 Å². The summed E-state index contributed by atoms with van der Waals surface area (Å²) in [7, 11) is 0. The summed E-state index contributed by atoms with van der Waals surface area (Å²) in [5.41, 5.74) is 1.32. The quantitative estimate of drug-likeness (QED) is 0.618. The number of nitrogens with zero attached hydrogens (tertiary/aromatic N) is 1. The summed E-state index contributed by atoms with van der Waals surface area (Å²) in [5, 5.41) is 0. The molecular formula is C12H18N+. The lowest BCUT2D eigenvalue weighted by atomic mass is 10.2. The summed E-state index contributed by atoms with van der Waals surface area (Å²) in [6.07, 6.45) is 2.02. The molecule has 0 bridgehead atoms. The maximum absolute atomic E-state index is 3.92. The second-order valence-electron chi connectivity index (χ2n) is 3.18. The average Bonchev–Trinajstić information content (AvgIpc) is 2.23. The van der Waals surface area contributed by atoms with E-state index in [0.717, 1.165) is 17.6 Å². The normalized spacial score (nSPS) is 11.2. The molecule has 0 N–H and O–H groups in total. The number of hydrogen-bond acceptors (Lipinski definition) is 0. The third kappa shape index (κ3) is 1.81. The lowest BCUT2D eigenvalue weighted by Crippen LogP contribution is -2.42. The number of rotatable bonds is 4. The van der Waals surface area contributed by atoms with E-state index in [1.165, 1.54) is 5.69 Å². The predicted molar refractivity (Wildman–Crippen MR) is 59.5 cm³/mol. The largest absolute Gasteiger partial charge is 0.266 e. The third-order valence-corrected chi connectivity index (χ3v) is 2.75. The maximum Gasteiger partial charge on any atom is 0.137 e. The highest BCUT2D eigenvalue weighted by molar-refractivity contribution is 5.44. The molecule has 0 radical (unpaired) electrons. The molecule has 0 saturated carbocycles. The van der Waals surface area contributed by atoms with Crippen molar-refractivity contribution in [3.05, 3.63) is 43.1 Å². The molecule has 0 spiro atoms. The fraction of sp³-hybridized carbons (Fsp3) is 0.333. The van der Waals surface area contributed by atoms with Gasteiger partial charge < -0.3 is 0 Å². The van der Waals surface area contributed by atoms with Gasteiger partial charge in [-0.25, -0.2) is 0 Å². The van der Waals surface area contributed by atoms with Crippen molar-refractivity contribution in [1.29, 1.82) is 0 Å². The van der Waals surface area contributed by atoms with Gasteiger partial charge in [0.05, 0.1) is 19.3 Å². The highest BCUT2D eigenvalue weighted by Crippen LogP contribution is 2.22. The summed E-state index contributed by atoms with van der Waals surface area (Å²) < 4.78 is 0.862. The van der Waals surface area contributed by atoms with Crippen LogP contribution < -0.4 is 4.48 Å². The van der Waals surface area contributed by atoms with Crippen LogP contribution >= 0.6 is 0 Å². The zero-order valence-corrected chi connectivity index (χ0v) is 8.53. The van der Waals surface area contributed by atoms with Crippen LogP contribution in [0.3, 0.4) is 0 Å². The second kappa shape index (κ2) is 4.24. The molecule has 13 heavy (non-hydrogen) atoms. The van der Waals surface area contributed by atoms with Gasteiger partial charge in [0, 0.05) is 0 Å². The maximum atomic E-state index is 3.92. The van der Waals surface area contributed by atoms with E-state index >= 15 is 0 Å². The number of hydrogen-bond donors (Lipinski definition) is 0. The van der Waals surface area contributed by atoms with Crippen LogP contribution in [0, 0.1) is 0 Å². The van der Waals surface area contributed by atoms with Crippen molar-refractivity contribution in [1.82, 2.24) is 4.48 Å². The topological polar surface area (TPSA) is 0 Å². The first-order valence-corrected chi connectivity index (χ1v) is 4.85. The monoisotopic (exact) mass is 176 g/mol. The smallest absolute Gasteiger partial charge is 0.137 e. The van der Waals surface area contributed by atoms with E-state index in [2.05, 4.69) is 44.7 Å². The van der Waals surface area contributed by atoms with E-state index in [4.69, 9.17) is 0 Å². The zero-order chi connectivity index (χ0) is 9.73. The van der Waals surface area contributed by atoms with Crippen molar-refractivity contribution in [2.24, 2.45) is 0 Å². The van der Waals surface area contributed by atoms with Crippen LogP contribution in [-0.4, -0.2) is 13.1 Å². The van der Waals surface area contributed by atoms with Crippen molar-refractivity contribution in [2.75, 3.05) is 13.1 Å². The van der Waals surface area contributed by atoms with E-state index in [0.29, 0.717) is 0 Å². The lowest BCUT2D eigenvalue weighted by Gasteiger charge is -2.31. The number of quaternary nitrogens is 1. The molecule has 0 aliphatic rings. The van der Waals surface area contributed by atoms with Crippen LogP contribution in [0.5, 0.6) is 0 Å². The Morgan fingerprint density at radius 2 is 1.69 bits per heavy atom. The average molecular weight is 176 g/mol. The van der Waals surface area contributed by atoms with Crippen molar-refractivity contribution in [3.63, 3.8) is 0 Å². The summed E-state index contributed by atoms with van der Waals surface area (Å²) in [6.45, 7) is 10.4. The molecule has 0 amide bonds. The molecule has 1 rings (SSSR count). The van der Waals surface area contributed by atoms with Crippen molar-refractivity contribution in [3.8, 4) is 0 Å². The molecule has 70 valence electrons. The van der Waals surface area contributed by atoms with Gasteiger partial charge in [-0.1, -0.05) is 18.2 Å². The van der Waals surface area contributed by atoms with Crippen molar-refractivity contribution in [2.45, 2.75) is 13.8 Å². The molecule has 0 unspecified atom stereocenters. The minimum Gasteiger partial charge on any atom is -0.266 e. The first-order valence-electron chi connectivity index (χ1n) is 4.85. The molecule has 0 fully saturated rings. The van der Waals surface area contributed by atoms with Crippen molar-refractivity contribution >= 4 is 5.69 Å². The van der Waals surface area contributed by atoms with Gasteiger partial charge in [-0.2, -0.15) is 0 Å². The Morgan fingerprint density at radius 3 is 2.08 bits per heavy atom. The SMILES string of the molecule is C=C[N+](CC)(CC)c1ccccc1. The first-order chi connectivity index (χ1) is 6.29. The number of benzene rings is 1. The molecule has 1 nitrogen and oxygen atoms in total. The molecular weight excluding hydrogens is 158 g/mol. The highest BCUT2D eigenvalue weighted by atomic mass is 15.3. The Hall–Kier alpha value is -1.08. The molecule has 0 aliphatic heterocycles. The molecule has 1 heteroatoms. The first kappa shape index (κ1) is 10.0. The Balaban J connectivity index is 3.08. The molecule has 1 aromatic rings. The van der Waals surface area contributed by atoms with Crippen LogP contribution in [-0.2, 0) is 0 Å². The third-order valence-electron chi connectivity index (χ3n) is 2.75. The number of para-hydroxylation sites is 1. The molecule has 0 atom stereocenters. The Kier molecular flexibility index (Phi) is 3.26. The summed E-state index contributed by atoms with van der Waals surface area (Å²) >= 11 is 0. The van der Waals surface area contributed by atoms with E-state index in [9.17, 15) is 0 Å². The molecule has 0 saturated heterocycles. The van der Waals surface area contributed by atoms with E-state index in [1.807, 2.05) is 12.3 Å². The van der Waals surface area contributed by atoms with Crippen LogP contribution in [0.4, 0.5) is 5.69 Å². The minimum atomic E-state index is 0.862. The molecule has 0 aromatic heterocycles. The Labute approximate surface area is 80.9 Å². The summed E-state index contributed by atoms with van der Waals surface area (Å²) in [4.78, 5) is 0. The van der Waals surface area contributed by atoms with Crippen LogP contribution in [0.25, 0.3) is 0 Å². The van der Waals surface area contributed by atoms with E-state index in [1.54, 1.807) is 0 Å². The zero-order valence-electron chi connectivity index (χ0n) is 8.53. The van der Waals surface area contributed by atoms with Gasteiger partial charge in [0.25, 0.3) is 0 Å². The molecule has 0 aliphatic carbocycles. The van der Waals surface area contributed by atoms with Crippen molar-refractivity contribution < 1.29 is 0 Å². The van der Waals surface area contributed by atoms with Gasteiger partial charge in [-0.15, -0.1) is 0 Å². The van der Waals surface area contributed by atoms with Gasteiger partial charge in [0.2, 0.25) is 0 Å². The van der Waals surface area contributed by atoms with Gasteiger partial charge in [0.15, 0.2) is 0 Å². The summed E-state index contributed by atoms with van der Waals surface area (Å²) in [6, 6.07) is 10.5. The van der Waals surface area contributed by atoms with E-state index < -0.39 is 0 Å². The van der Waals surface area contributed by atoms with Crippen LogP contribution in [0.2, 0.25) is 0 Å². The Bertz CT molecular complexity index is 260. The standard InChI is InChI=1S/C12H18N/c1-4-13(5-2,6-3)12-10-8-7-9-11-12/h4,7-11H,1,5-6H2,2-3H3/q+1. The Morgan fingerprint density at radius 1 is 1.15 bits per heavy atom. The van der Waals surface area contributed by atoms with Gasteiger partial charge in [0.1, 0.15) is 5.69 Å². The predicted octanol–water partition coefficient (Wildman–Crippen LogP) is 3.18. The fourth-order valence-electron chi connectivity index (χ4n) is 1.68. The molecule has 0 heterocycles. The van der Waals surface area contributed by atoms with Gasteiger partial charge in [-0.05, 0) is 32.6 Å². The van der Waals surface area contributed by atoms with Gasteiger partial charge in [-0.3, -0.25) is 4.48 Å². The van der Waals surface area contributed by atoms with Gasteiger partial charge >= 0.3 is 0 Å². The van der Waals surface area contributed by atoms with Crippen LogP contribution in [0.15, 0.2) is 43.1 Å². The highest BCUT2D eigenvalue weighted by Gasteiger charge is 2.21.